The Kier molecular flexibility index (Phi) is 2.70. The minimum Gasteiger partial charge on any atom is -0.478 e. The maximum Gasteiger partial charge on any atom is 0.339 e. The first-order valence-corrected chi connectivity index (χ1v) is 4.82. The second kappa shape index (κ2) is 4.17. The zero-order valence-electron chi connectivity index (χ0n) is 8.99. The normalized spacial score (nSPS) is 10.2. The highest BCUT2D eigenvalue weighted by Gasteiger charge is 2.16. The lowest BCUT2D eigenvalue weighted by molar-refractivity contribution is 0.0695. The molecule has 0 radical (unpaired) electrons. The van der Waals surface area contributed by atoms with Gasteiger partial charge in [-0.15, -0.1) is 0 Å². The van der Waals surface area contributed by atoms with Crippen molar-refractivity contribution < 1.29 is 14.7 Å². The van der Waals surface area contributed by atoms with E-state index in [0.29, 0.717) is 17.7 Å². The molecule has 0 unspecified atom stereocenters. The topological polar surface area (TPSA) is 85.1 Å². The molecule has 1 N–H and O–H groups in total. The number of nitrogens with zero attached hydrogens (tertiary/aromatic N) is 3. The largest absolute Gasteiger partial charge is 0.478 e. The van der Waals surface area contributed by atoms with E-state index in [2.05, 4.69) is 9.97 Å². The number of pyridine rings is 1. The van der Waals surface area contributed by atoms with Gasteiger partial charge in [0.05, 0.1) is 23.9 Å². The zero-order valence-corrected chi connectivity index (χ0v) is 8.99. The van der Waals surface area contributed by atoms with Gasteiger partial charge < -0.3 is 5.11 Å². The van der Waals surface area contributed by atoms with Crippen LogP contribution in [-0.4, -0.2) is 31.9 Å². The summed E-state index contributed by atoms with van der Waals surface area (Å²) in [6.45, 7) is 1.60. The van der Waals surface area contributed by atoms with Crippen LogP contribution in [0.1, 0.15) is 26.5 Å². The minimum atomic E-state index is -1.09. The molecule has 6 heteroatoms. The van der Waals surface area contributed by atoms with E-state index in [0.717, 1.165) is 0 Å². The minimum absolute atomic E-state index is 0.0635. The van der Waals surface area contributed by atoms with E-state index in [1.165, 1.54) is 29.4 Å². The summed E-state index contributed by atoms with van der Waals surface area (Å²) in [7, 11) is 0. The number of hydrogen-bond donors (Lipinski definition) is 1. The van der Waals surface area contributed by atoms with Crippen molar-refractivity contribution in [1.29, 1.82) is 0 Å². The number of aryl methyl sites for hydroxylation is 1. The standard InChI is InChI=1S/C11H9N3O3/c1-7-10(11(16)17)9(2-3-13-7)14-6-12-4-8(14)5-15/h2-6H,1H3,(H,16,17). The number of carboxylic acid groups (broad SMARTS) is 1. The van der Waals surface area contributed by atoms with E-state index in [1.807, 2.05) is 0 Å². The highest BCUT2D eigenvalue weighted by atomic mass is 16.4. The second-order valence-electron chi connectivity index (χ2n) is 3.40. The van der Waals surface area contributed by atoms with E-state index in [-0.39, 0.29) is 11.3 Å². The average Bonchev–Trinajstić information content (AvgIpc) is 2.75. The molecule has 0 aliphatic rings. The molecule has 0 spiro atoms. The van der Waals surface area contributed by atoms with E-state index in [4.69, 9.17) is 5.11 Å². The summed E-state index contributed by atoms with van der Waals surface area (Å²) in [6, 6.07) is 1.53. The summed E-state index contributed by atoms with van der Waals surface area (Å²) >= 11 is 0. The Bertz CT molecular complexity index is 589. The fraction of sp³-hybridized carbons (Fsp3) is 0.0909. The third-order valence-electron chi connectivity index (χ3n) is 2.38. The molecule has 2 heterocycles. The lowest BCUT2D eigenvalue weighted by atomic mass is 10.1. The Morgan fingerprint density at radius 2 is 2.29 bits per heavy atom. The fourth-order valence-electron chi connectivity index (χ4n) is 1.61. The third kappa shape index (κ3) is 1.80. The molecular weight excluding hydrogens is 222 g/mol. The summed E-state index contributed by atoms with van der Waals surface area (Å²) in [5, 5.41) is 9.15. The van der Waals surface area contributed by atoms with E-state index in [9.17, 15) is 9.59 Å². The first-order valence-electron chi connectivity index (χ1n) is 4.82. The van der Waals surface area contributed by atoms with Crippen molar-refractivity contribution in [3.63, 3.8) is 0 Å². The predicted octanol–water partition coefficient (Wildman–Crippen LogP) is 1.09. The van der Waals surface area contributed by atoms with Gasteiger partial charge in [-0.2, -0.15) is 0 Å². The van der Waals surface area contributed by atoms with Gasteiger partial charge in [0.2, 0.25) is 0 Å². The van der Waals surface area contributed by atoms with Crippen molar-refractivity contribution in [2.45, 2.75) is 6.92 Å². The van der Waals surface area contributed by atoms with Gasteiger partial charge in [0, 0.05) is 6.20 Å². The Hall–Kier alpha value is -2.50. The first-order chi connectivity index (χ1) is 8.15. The summed E-state index contributed by atoms with van der Waals surface area (Å²) < 4.78 is 1.42. The van der Waals surface area contributed by atoms with Crippen LogP contribution in [0.2, 0.25) is 0 Å². The van der Waals surface area contributed by atoms with Gasteiger partial charge in [-0.25, -0.2) is 9.78 Å². The fourth-order valence-corrected chi connectivity index (χ4v) is 1.61. The third-order valence-corrected chi connectivity index (χ3v) is 2.38. The van der Waals surface area contributed by atoms with Gasteiger partial charge in [-0.1, -0.05) is 0 Å². The summed E-state index contributed by atoms with van der Waals surface area (Å²) in [5.74, 6) is -1.09. The van der Waals surface area contributed by atoms with Gasteiger partial charge in [0.1, 0.15) is 11.3 Å². The average molecular weight is 231 g/mol. The van der Waals surface area contributed by atoms with Gasteiger partial charge in [0.15, 0.2) is 6.29 Å². The Morgan fingerprint density at radius 3 is 2.94 bits per heavy atom. The van der Waals surface area contributed by atoms with Crippen molar-refractivity contribution in [1.82, 2.24) is 14.5 Å². The van der Waals surface area contributed by atoms with Gasteiger partial charge in [0.25, 0.3) is 0 Å². The molecule has 0 aromatic carbocycles. The lowest BCUT2D eigenvalue weighted by Gasteiger charge is -2.09. The molecular formula is C11H9N3O3. The van der Waals surface area contributed by atoms with Gasteiger partial charge in [-0.05, 0) is 13.0 Å². The summed E-state index contributed by atoms with van der Waals surface area (Å²) in [4.78, 5) is 29.7. The molecule has 0 bridgehead atoms. The maximum atomic E-state index is 11.2. The molecule has 0 atom stereocenters. The van der Waals surface area contributed by atoms with E-state index < -0.39 is 5.97 Å². The number of carbonyl (C=O) groups is 2. The van der Waals surface area contributed by atoms with Gasteiger partial charge >= 0.3 is 5.97 Å². The molecule has 2 aromatic heterocycles. The predicted molar refractivity (Wildman–Crippen MR) is 58.4 cm³/mol. The van der Waals surface area contributed by atoms with Crippen LogP contribution in [-0.2, 0) is 0 Å². The van der Waals surface area contributed by atoms with Crippen LogP contribution in [0.3, 0.4) is 0 Å². The molecule has 0 saturated carbocycles. The highest BCUT2D eigenvalue weighted by Crippen LogP contribution is 2.18. The van der Waals surface area contributed by atoms with Crippen molar-refractivity contribution >= 4 is 12.3 Å². The Morgan fingerprint density at radius 1 is 1.53 bits per heavy atom. The van der Waals surface area contributed by atoms with Crippen molar-refractivity contribution in [2.75, 3.05) is 0 Å². The highest BCUT2D eigenvalue weighted by molar-refractivity contribution is 5.93. The molecule has 0 aliphatic heterocycles. The number of rotatable bonds is 3. The number of carbonyl (C=O) groups excluding carboxylic acids is 1. The summed E-state index contributed by atoms with van der Waals surface area (Å²) in [5.41, 5.74) is 1.12. The monoisotopic (exact) mass is 231 g/mol. The van der Waals surface area contributed by atoms with Crippen LogP contribution in [0, 0.1) is 6.92 Å². The lowest BCUT2D eigenvalue weighted by Crippen LogP contribution is -2.10. The summed E-state index contributed by atoms with van der Waals surface area (Å²) in [6.07, 6.45) is 4.87. The number of carboxylic acids is 1. The van der Waals surface area contributed by atoms with E-state index >= 15 is 0 Å². The van der Waals surface area contributed by atoms with Crippen LogP contribution in [0.25, 0.3) is 5.69 Å². The number of aldehydes is 1. The Balaban J connectivity index is 2.71. The molecule has 0 amide bonds. The van der Waals surface area contributed by atoms with Crippen LogP contribution < -0.4 is 0 Å². The molecule has 0 aliphatic carbocycles. The SMILES string of the molecule is Cc1nccc(-n2cncc2C=O)c1C(=O)O. The first kappa shape index (κ1) is 11.0. The van der Waals surface area contributed by atoms with Crippen molar-refractivity contribution in [2.24, 2.45) is 0 Å². The molecule has 2 aromatic rings. The van der Waals surface area contributed by atoms with Crippen LogP contribution in [0.15, 0.2) is 24.8 Å². The second-order valence-corrected chi connectivity index (χ2v) is 3.40. The van der Waals surface area contributed by atoms with Crippen LogP contribution >= 0.6 is 0 Å². The molecule has 86 valence electrons. The number of aromatic carboxylic acids is 1. The van der Waals surface area contributed by atoms with Crippen LogP contribution in [0.4, 0.5) is 0 Å². The number of aromatic nitrogens is 3. The maximum absolute atomic E-state index is 11.2. The number of hydrogen-bond acceptors (Lipinski definition) is 4. The molecule has 17 heavy (non-hydrogen) atoms. The smallest absolute Gasteiger partial charge is 0.339 e. The van der Waals surface area contributed by atoms with Crippen molar-refractivity contribution in [3.05, 3.63) is 41.7 Å². The van der Waals surface area contributed by atoms with Crippen molar-refractivity contribution in [3.8, 4) is 5.69 Å². The molecule has 0 saturated heterocycles. The zero-order chi connectivity index (χ0) is 12.4. The molecule has 2 rings (SSSR count). The molecule has 6 nitrogen and oxygen atoms in total. The Labute approximate surface area is 96.6 Å². The van der Waals surface area contributed by atoms with Gasteiger partial charge in [-0.3, -0.25) is 14.3 Å². The quantitative estimate of drug-likeness (QED) is 0.799. The van der Waals surface area contributed by atoms with Crippen LogP contribution in [0.5, 0.6) is 0 Å². The number of imidazole rings is 1. The molecule has 0 fully saturated rings. The van der Waals surface area contributed by atoms with E-state index in [1.54, 1.807) is 6.92 Å².